The van der Waals surface area contributed by atoms with Gasteiger partial charge in [-0.25, -0.2) is 0 Å². The van der Waals surface area contributed by atoms with E-state index in [4.69, 9.17) is 24.1 Å². The second-order valence-corrected chi connectivity index (χ2v) is 2.73. The Morgan fingerprint density at radius 3 is 2.00 bits per heavy atom. The number of hydrogen-bond donors (Lipinski definition) is 0. The first-order chi connectivity index (χ1) is 7.74. The molecule has 0 saturated carbocycles. The summed E-state index contributed by atoms with van der Waals surface area (Å²) in [5.41, 5.74) is 0. The van der Waals surface area contributed by atoms with Crippen LogP contribution in [0.5, 0.6) is 0 Å². The summed E-state index contributed by atoms with van der Waals surface area (Å²) >= 11 is 0. The monoisotopic (exact) mass is 237 g/mol. The van der Waals surface area contributed by atoms with Gasteiger partial charge in [-0.05, 0) is 6.42 Å². The Labute approximate surface area is 95.9 Å². The zero-order valence-corrected chi connectivity index (χ0v) is 10.6. The highest BCUT2D eigenvalue weighted by atomic mass is 17.0. The number of rotatable bonds is 7. The van der Waals surface area contributed by atoms with Crippen LogP contribution in [-0.4, -0.2) is 51.2 Å². The van der Waals surface area contributed by atoms with Crippen LogP contribution in [0.1, 0.15) is 19.8 Å². The molecule has 0 fully saturated rings. The SMILES string of the molecule is CCCCOC(N(OC)OC)=[N+](OC)OC. The third-order valence-corrected chi connectivity index (χ3v) is 1.70. The lowest BCUT2D eigenvalue weighted by Crippen LogP contribution is -2.38. The van der Waals surface area contributed by atoms with E-state index in [0.29, 0.717) is 6.61 Å². The lowest BCUT2D eigenvalue weighted by Gasteiger charge is -2.12. The Morgan fingerprint density at radius 2 is 1.62 bits per heavy atom. The molecule has 0 saturated heterocycles. The van der Waals surface area contributed by atoms with Crippen molar-refractivity contribution in [2.24, 2.45) is 0 Å². The van der Waals surface area contributed by atoms with Crippen molar-refractivity contribution in [3.63, 3.8) is 0 Å². The van der Waals surface area contributed by atoms with E-state index in [9.17, 15) is 0 Å². The van der Waals surface area contributed by atoms with Gasteiger partial charge in [-0.15, -0.1) is 0 Å². The molecule has 0 aromatic carbocycles. The van der Waals surface area contributed by atoms with Gasteiger partial charge in [0, 0.05) is 0 Å². The predicted molar refractivity (Wildman–Crippen MR) is 56.0 cm³/mol. The van der Waals surface area contributed by atoms with Crippen LogP contribution >= 0.6 is 0 Å². The quantitative estimate of drug-likeness (QED) is 0.281. The van der Waals surface area contributed by atoms with Gasteiger partial charge in [-0.1, -0.05) is 13.3 Å². The fourth-order valence-corrected chi connectivity index (χ4v) is 0.941. The van der Waals surface area contributed by atoms with Crippen molar-refractivity contribution >= 4 is 6.02 Å². The summed E-state index contributed by atoms with van der Waals surface area (Å²) in [4.78, 5) is 20.7. The van der Waals surface area contributed by atoms with Crippen LogP contribution in [0.2, 0.25) is 0 Å². The summed E-state index contributed by atoms with van der Waals surface area (Å²) < 4.78 is 5.44. The molecular formula is C9H21N2O5+. The molecule has 0 N–H and O–H groups in total. The molecule has 0 aromatic heterocycles. The van der Waals surface area contributed by atoms with Crippen molar-refractivity contribution in [3.8, 4) is 0 Å². The van der Waals surface area contributed by atoms with Crippen molar-refractivity contribution in [1.29, 1.82) is 0 Å². The van der Waals surface area contributed by atoms with E-state index in [2.05, 4.69) is 6.92 Å². The molecule has 0 unspecified atom stereocenters. The Morgan fingerprint density at radius 1 is 1.06 bits per heavy atom. The Balaban J connectivity index is 4.66. The number of unbranched alkanes of at least 4 members (excludes halogenated alkanes) is 1. The van der Waals surface area contributed by atoms with Gasteiger partial charge in [0.25, 0.3) is 0 Å². The summed E-state index contributed by atoms with van der Waals surface area (Å²) in [6.07, 6.45) is 1.93. The number of nitrogens with zero attached hydrogens (tertiary/aromatic N) is 2. The number of ether oxygens (including phenoxy) is 1. The third kappa shape index (κ3) is 4.54. The molecule has 0 heterocycles. The first kappa shape index (κ1) is 14.8. The van der Waals surface area contributed by atoms with Crippen molar-refractivity contribution in [2.45, 2.75) is 19.8 Å². The van der Waals surface area contributed by atoms with Gasteiger partial charge in [-0.3, -0.25) is 0 Å². The van der Waals surface area contributed by atoms with Gasteiger partial charge in [-0.2, -0.15) is 9.68 Å². The lowest BCUT2D eigenvalue weighted by atomic mass is 10.4. The zero-order chi connectivity index (χ0) is 12.4. The smallest absolute Gasteiger partial charge is 0.422 e. The molecule has 0 spiro atoms. The van der Waals surface area contributed by atoms with Gasteiger partial charge in [0.15, 0.2) is 4.90 Å². The number of amidine groups is 1. The van der Waals surface area contributed by atoms with E-state index in [0.717, 1.165) is 23.0 Å². The fraction of sp³-hybridized carbons (Fsp3) is 0.889. The average Bonchev–Trinajstić information content (AvgIpc) is 2.31. The summed E-state index contributed by atoms with van der Waals surface area (Å²) in [6, 6.07) is 0.170. The number of hydroxylamine groups is 2. The van der Waals surface area contributed by atoms with Gasteiger partial charge in [0.1, 0.15) is 14.2 Å². The standard InChI is InChI=1S/C9H21N2O5/c1-6-7-8-16-9(10(12-2)13-3)11(14-4)15-5/h6-8H2,1-5H3/q+1. The molecule has 0 bridgehead atoms. The molecule has 0 amide bonds. The lowest BCUT2D eigenvalue weighted by molar-refractivity contribution is -0.965. The van der Waals surface area contributed by atoms with Crippen molar-refractivity contribution < 1.29 is 29.0 Å². The molecule has 0 aliphatic rings. The van der Waals surface area contributed by atoms with E-state index in [1.54, 1.807) is 0 Å². The molecule has 0 aromatic rings. The van der Waals surface area contributed by atoms with Crippen LogP contribution in [0.3, 0.4) is 0 Å². The van der Waals surface area contributed by atoms with Crippen LogP contribution in [0.15, 0.2) is 0 Å². The highest BCUT2D eigenvalue weighted by Crippen LogP contribution is 1.99. The molecule has 7 nitrogen and oxygen atoms in total. The van der Waals surface area contributed by atoms with Gasteiger partial charge in [0.05, 0.1) is 26.1 Å². The van der Waals surface area contributed by atoms with Gasteiger partial charge >= 0.3 is 6.02 Å². The Kier molecular flexibility index (Phi) is 8.36. The van der Waals surface area contributed by atoms with Crippen LogP contribution in [0.4, 0.5) is 0 Å². The third-order valence-electron chi connectivity index (χ3n) is 1.70. The summed E-state index contributed by atoms with van der Waals surface area (Å²) in [6.45, 7) is 2.58. The van der Waals surface area contributed by atoms with Crippen LogP contribution in [0.25, 0.3) is 0 Å². The first-order valence-corrected chi connectivity index (χ1v) is 5.01. The fourth-order valence-electron chi connectivity index (χ4n) is 0.941. The molecule has 0 radical (unpaired) electrons. The molecule has 0 rings (SSSR count). The average molecular weight is 237 g/mol. The van der Waals surface area contributed by atoms with Crippen LogP contribution in [-0.2, 0) is 24.1 Å². The van der Waals surface area contributed by atoms with E-state index in [1.165, 1.54) is 28.4 Å². The summed E-state index contributed by atoms with van der Waals surface area (Å²) in [7, 11) is 5.76. The maximum absolute atomic E-state index is 5.44. The normalized spacial score (nSPS) is 9.56. The van der Waals surface area contributed by atoms with Gasteiger partial charge in [0.2, 0.25) is 0 Å². The molecule has 7 heteroatoms. The maximum atomic E-state index is 5.44. The van der Waals surface area contributed by atoms with E-state index in [-0.39, 0.29) is 6.02 Å². The topological polar surface area (TPSA) is 52.4 Å². The summed E-state index contributed by atoms with van der Waals surface area (Å²) in [5.74, 6) is 0. The molecule has 0 aliphatic carbocycles. The molecular weight excluding hydrogens is 216 g/mol. The highest BCUT2D eigenvalue weighted by molar-refractivity contribution is 5.65. The Bertz CT molecular complexity index is 200. The van der Waals surface area contributed by atoms with E-state index in [1.807, 2.05) is 0 Å². The largest absolute Gasteiger partial charge is 0.593 e. The van der Waals surface area contributed by atoms with E-state index >= 15 is 0 Å². The predicted octanol–water partition coefficient (Wildman–Crippen LogP) is 0.719. The van der Waals surface area contributed by atoms with E-state index < -0.39 is 0 Å². The Hall–Kier alpha value is -1.21. The maximum Gasteiger partial charge on any atom is 0.593 e. The van der Waals surface area contributed by atoms with Gasteiger partial charge < -0.3 is 14.4 Å². The molecule has 0 aliphatic heterocycles. The highest BCUT2D eigenvalue weighted by Gasteiger charge is 2.31. The van der Waals surface area contributed by atoms with Crippen molar-refractivity contribution in [1.82, 2.24) is 5.23 Å². The van der Waals surface area contributed by atoms with Crippen LogP contribution < -0.4 is 0 Å². The molecule has 96 valence electrons. The number of hydrogen-bond acceptors (Lipinski definition) is 5. The molecule has 0 atom stereocenters. The minimum absolute atomic E-state index is 0.170. The first-order valence-electron chi connectivity index (χ1n) is 5.01. The second kappa shape index (κ2) is 9.05. The molecule has 16 heavy (non-hydrogen) atoms. The second-order valence-electron chi connectivity index (χ2n) is 2.73. The van der Waals surface area contributed by atoms with Crippen molar-refractivity contribution in [2.75, 3.05) is 35.0 Å². The zero-order valence-electron chi connectivity index (χ0n) is 10.6. The summed E-state index contributed by atoms with van der Waals surface area (Å²) in [5, 5.41) is 1.04. The minimum atomic E-state index is 0.170. The van der Waals surface area contributed by atoms with Crippen molar-refractivity contribution in [3.05, 3.63) is 0 Å². The van der Waals surface area contributed by atoms with Crippen LogP contribution in [0, 0.1) is 0 Å². The minimum Gasteiger partial charge on any atom is -0.422 e.